The Balaban J connectivity index is 1.50. The molecule has 1 saturated heterocycles. The third-order valence-corrected chi connectivity index (χ3v) is 5.67. The van der Waals surface area contributed by atoms with Crippen LogP contribution in [0.4, 0.5) is 0 Å². The van der Waals surface area contributed by atoms with Gasteiger partial charge in [-0.1, -0.05) is 18.9 Å². The Hall–Kier alpha value is -1.75. The molecular weight excluding hydrogens is 292 g/mol. The molecule has 3 aliphatic rings. The van der Waals surface area contributed by atoms with Gasteiger partial charge in [0.2, 0.25) is 12.7 Å². The van der Waals surface area contributed by atoms with Crippen LogP contribution >= 0.6 is 0 Å². The van der Waals surface area contributed by atoms with E-state index in [1.807, 2.05) is 30.1 Å². The van der Waals surface area contributed by atoms with Crippen LogP contribution in [0.15, 0.2) is 18.2 Å². The van der Waals surface area contributed by atoms with E-state index < -0.39 is 0 Å². The zero-order valence-corrected chi connectivity index (χ0v) is 13.6. The average molecular weight is 316 g/mol. The topological polar surface area (TPSA) is 50.8 Å². The van der Waals surface area contributed by atoms with Gasteiger partial charge in [-0.3, -0.25) is 4.79 Å². The fourth-order valence-corrected chi connectivity index (χ4v) is 4.43. The molecule has 0 spiro atoms. The molecule has 5 nitrogen and oxygen atoms in total. The summed E-state index contributed by atoms with van der Waals surface area (Å²) in [6.45, 7) is 2.72. The molecule has 0 unspecified atom stereocenters. The highest BCUT2D eigenvalue weighted by atomic mass is 16.7. The van der Waals surface area contributed by atoms with Gasteiger partial charge in [0.25, 0.3) is 0 Å². The van der Waals surface area contributed by atoms with Gasteiger partial charge in [0.05, 0.1) is 5.41 Å². The van der Waals surface area contributed by atoms with E-state index in [-0.39, 0.29) is 12.2 Å². The van der Waals surface area contributed by atoms with Crippen molar-refractivity contribution >= 4 is 5.91 Å². The van der Waals surface area contributed by atoms with Gasteiger partial charge in [-0.05, 0) is 43.0 Å². The average Bonchev–Trinajstić information content (AvgIpc) is 3.20. The Morgan fingerprint density at radius 2 is 2.22 bits per heavy atom. The molecular formula is C18H24N2O3. The molecule has 2 atom stereocenters. The van der Waals surface area contributed by atoms with Crippen LogP contribution in [0.3, 0.4) is 0 Å². The van der Waals surface area contributed by atoms with Crippen LogP contribution in [-0.2, 0) is 11.3 Å². The molecule has 1 saturated carbocycles. The summed E-state index contributed by atoms with van der Waals surface area (Å²) >= 11 is 0. The second-order valence-electron chi connectivity index (χ2n) is 7.08. The van der Waals surface area contributed by atoms with Gasteiger partial charge in [0, 0.05) is 20.1 Å². The Kier molecular flexibility index (Phi) is 3.68. The molecule has 4 rings (SSSR count). The maximum atomic E-state index is 13.2. The Labute approximate surface area is 136 Å². The number of benzene rings is 1. The van der Waals surface area contributed by atoms with Crippen molar-refractivity contribution < 1.29 is 14.3 Å². The van der Waals surface area contributed by atoms with Crippen molar-refractivity contribution in [3.8, 4) is 11.5 Å². The Morgan fingerprint density at radius 3 is 3.13 bits per heavy atom. The second-order valence-corrected chi connectivity index (χ2v) is 7.08. The molecule has 1 aromatic carbocycles. The first kappa shape index (κ1) is 14.8. The van der Waals surface area contributed by atoms with Gasteiger partial charge >= 0.3 is 0 Å². The lowest BCUT2D eigenvalue weighted by Gasteiger charge is -2.39. The lowest BCUT2D eigenvalue weighted by Crippen LogP contribution is -2.48. The molecule has 1 amide bonds. The van der Waals surface area contributed by atoms with Crippen LogP contribution < -0.4 is 14.8 Å². The smallest absolute Gasteiger partial charge is 0.231 e. The fourth-order valence-electron chi connectivity index (χ4n) is 4.43. The summed E-state index contributed by atoms with van der Waals surface area (Å²) in [6, 6.07) is 5.92. The second kappa shape index (κ2) is 5.71. The van der Waals surface area contributed by atoms with Gasteiger partial charge < -0.3 is 19.7 Å². The minimum atomic E-state index is -0.177. The molecule has 0 bridgehead atoms. The quantitative estimate of drug-likeness (QED) is 0.928. The van der Waals surface area contributed by atoms with E-state index in [4.69, 9.17) is 9.47 Å². The van der Waals surface area contributed by atoms with E-state index in [9.17, 15) is 4.79 Å². The standard InChI is InChI=1S/C18H24N2O3/c1-20(10-13-5-6-15-16(8-13)23-12-22-15)17(21)18-7-3-2-4-14(18)9-19-11-18/h5-6,8,14,19H,2-4,7,9-12H2,1H3/t14-,18+/m0/s1. The van der Waals surface area contributed by atoms with Crippen LogP contribution in [0.2, 0.25) is 0 Å². The van der Waals surface area contributed by atoms with E-state index in [2.05, 4.69) is 5.32 Å². The number of hydrogen-bond acceptors (Lipinski definition) is 4. The molecule has 1 aromatic rings. The molecule has 1 N–H and O–H groups in total. The Morgan fingerprint density at radius 1 is 1.35 bits per heavy atom. The van der Waals surface area contributed by atoms with Crippen LogP contribution in [0.25, 0.3) is 0 Å². The molecule has 23 heavy (non-hydrogen) atoms. The third-order valence-electron chi connectivity index (χ3n) is 5.67. The summed E-state index contributed by atoms with van der Waals surface area (Å²) in [5, 5.41) is 3.45. The molecule has 124 valence electrons. The summed E-state index contributed by atoms with van der Waals surface area (Å²) in [7, 11) is 1.92. The van der Waals surface area contributed by atoms with Crippen LogP contribution in [0.1, 0.15) is 31.2 Å². The van der Waals surface area contributed by atoms with Crippen molar-refractivity contribution in [1.82, 2.24) is 10.2 Å². The number of carbonyl (C=O) groups is 1. The largest absolute Gasteiger partial charge is 0.454 e. The number of fused-ring (bicyclic) bond motifs is 2. The predicted octanol–water partition coefficient (Wildman–Crippen LogP) is 2.15. The van der Waals surface area contributed by atoms with E-state index >= 15 is 0 Å². The molecule has 2 heterocycles. The van der Waals surface area contributed by atoms with Crippen molar-refractivity contribution in [3.05, 3.63) is 23.8 Å². The first-order valence-electron chi connectivity index (χ1n) is 8.54. The number of carbonyl (C=O) groups excluding carboxylic acids is 1. The highest BCUT2D eigenvalue weighted by molar-refractivity contribution is 5.83. The SMILES string of the molecule is CN(Cc1ccc2c(c1)OCO2)C(=O)[C@@]12CCCC[C@H]1CNC2. The Bertz CT molecular complexity index is 618. The van der Waals surface area contributed by atoms with Gasteiger partial charge in [0.1, 0.15) is 0 Å². The van der Waals surface area contributed by atoms with Crippen LogP contribution in [-0.4, -0.2) is 37.7 Å². The van der Waals surface area contributed by atoms with Gasteiger partial charge in [-0.2, -0.15) is 0 Å². The fraction of sp³-hybridized carbons (Fsp3) is 0.611. The summed E-state index contributed by atoms with van der Waals surface area (Å²) in [5.41, 5.74) is 0.906. The molecule has 2 aliphatic heterocycles. The van der Waals surface area contributed by atoms with E-state index in [0.717, 1.165) is 36.6 Å². The van der Waals surface area contributed by atoms with E-state index in [1.165, 1.54) is 19.3 Å². The lowest BCUT2D eigenvalue weighted by molar-refractivity contribution is -0.144. The van der Waals surface area contributed by atoms with Crippen LogP contribution in [0, 0.1) is 11.3 Å². The van der Waals surface area contributed by atoms with E-state index in [0.29, 0.717) is 18.4 Å². The number of amides is 1. The third kappa shape index (κ3) is 2.47. The highest BCUT2D eigenvalue weighted by Crippen LogP contribution is 2.45. The minimum Gasteiger partial charge on any atom is -0.454 e. The molecule has 1 aliphatic carbocycles. The number of rotatable bonds is 3. The summed E-state index contributed by atoms with van der Waals surface area (Å²) in [5.74, 6) is 2.36. The normalized spacial score (nSPS) is 28.5. The maximum absolute atomic E-state index is 13.2. The summed E-state index contributed by atoms with van der Waals surface area (Å²) in [6.07, 6.45) is 4.63. The molecule has 2 fully saturated rings. The zero-order valence-electron chi connectivity index (χ0n) is 13.6. The first-order chi connectivity index (χ1) is 11.2. The van der Waals surface area contributed by atoms with Crippen molar-refractivity contribution in [2.45, 2.75) is 32.2 Å². The van der Waals surface area contributed by atoms with Crippen LogP contribution in [0.5, 0.6) is 11.5 Å². The first-order valence-corrected chi connectivity index (χ1v) is 8.54. The summed E-state index contributed by atoms with van der Waals surface area (Å²) in [4.78, 5) is 15.1. The number of hydrogen-bond donors (Lipinski definition) is 1. The van der Waals surface area contributed by atoms with Gasteiger partial charge in [-0.25, -0.2) is 0 Å². The van der Waals surface area contributed by atoms with Crippen molar-refractivity contribution in [2.75, 3.05) is 26.9 Å². The predicted molar refractivity (Wildman–Crippen MR) is 86.3 cm³/mol. The molecule has 5 heteroatoms. The molecule has 0 radical (unpaired) electrons. The van der Waals surface area contributed by atoms with E-state index in [1.54, 1.807) is 0 Å². The van der Waals surface area contributed by atoms with Crippen molar-refractivity contribution in [1.29, 1.82) is 0 Å². The van der Waals surface area contributed by atoms with Gasteiger partial charge in [-0.15, -0.1) is 0 Å². The lowest BCUT2D eigenvalue weighted by atomic mass is 9.67. The number of nitrogens with zero attached hydrogens (tertiary/aromatic N) is 1. The minimum absolute atomic E-state index is 0.177. The maximum Gasteiger partial charge on any atom is 0.231 e. The number of ether oxygens (including phenoxy) is 2. The zero-order chi connectivity index (χ0) is 15.9. The van der Waals surface area contributed by atoms with Crippen molar-refractivity contribution in [2.24, 2.45) is 11.3 Å². The summed E-state index contributed by atoms with van der Waals surface area (Å²) < 4.78 is 10.8. The highest BCUT2D eigenvalue weighted by Gasteiger charge is 2.50. The number of nitrogens with one attached hydrogen (secondary N) is 1. The van der Waals surface area contributed by atoms with Crippen molar-refractivity contribution in [3.63, 3.8) is 0 Å². The monoisotopic (exact) mass is 316 g/mol. The molecule has 0 aromatic heterocycles. The van der Waals surface area contributed by atoms with Gasteiger partial charge in [0.15, 0.2) is 11.5 Å².